The number of hydrogen-bond donors (Lipinski definition) is 0. The zero-order valence-corrected chi connectivity index (χ0v) is 18.8. The summed E-state index contributed by atoms with van der Waals surface area (Å²) in [5.74, 6) is 0.343. The van der Waals surface area contributed by atoms with Crippen molar-refractivity contribution >= 4 is 33.0 Å². The van der Waals surface area contributed by atoms with Crippen molar-refractivity contribution in [2.45, 2.75) is 18.0 Å². The van der Waals surface area contributed by atoms with Crippen molar-refractivity contribution in [3.8, 4) is 11.4 Å². The molecule has 0 atom stereocenters. The highest BCUT2D eigenvalue weighted by Gasteiger charge is 2.27. The van der Waals surface area contributed by atoms with Crippen LogP contribution in [0.15, 0.2) is 71.2 Å². The van der Waals surface area contributed by atoms with E-state index in [0.29, 0.717) is 16.5 Å². The number of hydrogen-bond acceptors (Lipinski definition) is 7. The first-order valence-corrected chi connectivity index (χ1v) is 11.9. The second-order valence-corrected chi connectivity index (χ2v) is 9.97. The van der Waals surface area contributed by atoms with Gasteiger partial charge in [-0.2, -0.15) is 8.99 Å². The monoisotopic (exact) mass is 475 g/mol. The number of aromatic nitrogens is 4. The highest BCUT2D eigenvalue weighted by Crippen LogP contribution is 2.29. The zero-order valence-electron chi connectivity index (χ0n) is 16.4. The van der Waals surface area contributed by atoms with Crippen molar-refractivity contribution in [2.24, 2.45) is 0 Å². The number of methoxy groups -OCH3 is 1. The maximum atomic E-state index is 13.6. The van der Waals surface area contributed by atoms with E-state index in [4.69, 9.17) is 16.3 Å². The maximum Gasteiger partial charge on any atom is 0.243 e. The van der Waals surface area contributed by atoms with Crippen molar-refractivity contribution in [2.75, 3.05) is 7.11 Å². The van der Waals surface area contributed by atoms with Gasteiger partial charge in [0.1, 0.15) is 17.8 Å². The third-order valence-electron chi connectivity index (χ3n) is 4.57. The summed E-state index contributed by atoms with van der Waals surface area (Å²) in [4.78, 5) is 1.06. The van der Waals surface area contributed by atoms with Crippen LogP contribution in [0.1, 0.15) is 10.4 Å². The number of thiophene rings is 1. The summed E-state index contributed by atoms with van der Waals surface area (Å²) in [6.07, 6.45) is 1.41. The Balaban J connectivity index is 1.71. The van der Waals surface area contributed by atoms with Crippen molar-refractivity contribution in [1.82, 2.24) is 24.5 Å². The van der Waals surface area contributed by atoms with E-state index >= 15 is 0 Å². The summed E-state index contributed by atoms with van der Waals surface area (Å²) in [7, 11) is -2.37. The minimum atomic E-state index is -3.84. The second kappa shape index (κ2) is 9.15. The first kappa shape index (κ1) is 21.4. The molecule has 0 saturated carbocycles. The number of rotatable bonds is 8. The van der Waals surface area contributed by atoms with E-state index in [1.807, 2.05) is 29.6 Å². The van der Waals surface area contributed by atoms with Gasteiger partial charge < -0.3 is 4.74 Å². The molecule has 0 fully saturated rings. The molecular formula is C20H18ClN5O3S2. The van der Waals surface area contributed by atoms with E-state index in [9.17, 15) is 8.42 Å². The molecule has 0 aliphatic carbocycles. The summed E-state index contributed by atoms with van der Waals surface area (Å²) < 4.78 is 35.5. The Hall–Kier alpha value is -2.79. The Morgan fingerprint density at radius 3 is 2.58 bits per heavy atom. The van der Waals surface area contributed by atoms with Crippen LogP contribution in [0.4, 0.5) is 0 Å². The van der Waals surface area contributed by atoms with Gasteiger partial charge >= 0.3 is 0 Å². The zero-order chi connectivity index (χ0) is 21.8. The molecule has 11 heteroatoms. The second-order valence-electron chi connectivity index (χ2n) is 6.57. The van der Waals surface area contributed by atoms with Crippen molar-refractivity contribution in [1.29, 1.82) is 0 Å². The first-order chi connectivity index (χ1) is 15.0. The van der Waals surface area contributed by atoms with Gasteiger partial charge in [-0.3, -0.25) is 0 Å². The fraction of sp³-hybridized carbons (Fsp3) is 0.150. The Morgan fingerprint density at radius 1 is 1.13 bits per heavy atom. The topological polar surface area (TPSA) is 90.2 Å². The van der Waals surface area contributed by atoms with Gasteiger partial charge in [-0.25, -0.2) is 8.42 Å². The summed E-state index contributed by atoms with van der Waals surface area (Å²) in [5.41, 5.74) is 1.37. The van der Waals surface area contributed by atoms with Gasteiger partial charge in [-0.05, 0) is 51.7 Å². The summed E-state index contributed by atoms with van der Waals surface area (Å²) >= 11 is 7.49. The molecule has 4 aromatic rings. The van der Waals surface area contributed by atoms with E-state index in [0.717, 1.165) is 10.4 Å². The molecule has 0 aliphatic rings. The van der Waals surface area contributed by atoms with Crippen LogP contribution in [-0.2, 0) is 23.1 Å². The van der Waals surface area contributed by atoms with Crippen LogP contribution >= 0.6 is 22.9 Å². The molecule has 0 saturated heterocycles. The van der Waals surface area contributed by atoms with E-state index in [-0.39, 0.29) is 18.0 Å². The normalized spacial score (nSPS) is 11.7. The van der Waals surface area contributed by atoms with Crippen LogP contribution in [0.2, 0.25) is 5.02 Å². The van der Waals surface area contributed by atoms with Gasteiger partial charge in [-0.15, -0.1) is 16.4 Å². The maximum absolute atomic E-state index is 13.6. The van der Waals surface area contributed by atoms with E-state index in [1.165, 1.54) is 45.9 Å². The minimum absolute atomic E-state index is 0.117. The molecule has 0 bridgehead atoms. The van der Waals surface area contributed by atoms with Gasteiger partial charge in [0.2, 0.25) is 10.0 Å². The molecule has 160 valence electrons. The third-order valence-corrected chi connectivity index (χ3v) is 7.47. The standard InChI is InChI=1S/C20H18ClN5O3S2/c1-29-20-11-18(8-9-19(20)26-14-22-23-24-26)31(27,28)25(13-17-3-2-10-30-17)12-15-4-6-16(21)7-5-15/h2-11,14H,12-13H2,1H3. The summed E-state index contributed by atoms with van der Waals surface area (Å²) in [6.45, 7) is 0.453. The largest absolute Gasteiger partial charge is 0.494 e. The molecule has 8 nitrogen and oxygen atoms in total. The lowest BCUT2D eigenvalue weighted by atomic mass is 10.2. The molecule has 2 aromatic carbocycles. The summed E-state index contributed by atoms with van der Waals surface area (Å²) in [6, 6.07) is 15.6. The van der Waals surface area contributed by atoms with Crippen LogP contribution in [0.3, 0.4) is 0 Å². The van der Waals surface area contributed by atoms with Crippen LogP contribution in [0.25, 0.3) is 5.69 Å². The highest BCUT2D eigenvalue weighted by atomic mass is 35.5. The van der Waals surface area contributed by atoms with Crippen LogP contribution in [0.5, 0.6) is 5.75 Å². The molecule has 0 radical (unpaired) electrons. The fourth-order valence-corrected chi connectivity index (χ4v) is 5.37. The van der Waals surface area contributed by atoms with Crippen LogP contribution in [0, 0.1) is 0 Å². The molecule has 2 aromatic heterocycles. The van der Waals surface area contributed by atoms with E-state index in [2.05, 4.69) is 15.5 Å². The Labute approximate surface area is 188 Å². The highest BCUT2D eigenvalue weighted by molar-refractivity contribution is 7.89. The fourth-order valence-electron chi connectivity index (χ4n) is 3.02. The first-order valence-electron chi connectivity index (χ1n) is 9.16. The van der Waals surface area contributed by atoms with Gasteiger partial charge in [0, 0.05) is 29.1 Å². The van der Waals surface area contributed by atoms with Crippen molar-refractivity contribution in [3.05, 3.63) is 81.8 Å². The molecule has 4 rings (SSSR count). The molecular weight excluding hydrogens is 458 g/mol. The number of halogens is 1. The molecule has 2 heterocycles. The Bertz CT molecular complexity index is 1240. The third kappa shape index (κ3) is 4.77. The Morgan fingerprint density at radius 2 is 1.94 bits per heavy atom. The minimum Gasteiger partial charge on any atom is -0.494 e. The molecule has 0 aliphatic heterocycles. The van der Waals surface area contributed by atoms with Gasteiger partial charge in [0.15, 0.2) is 0 Å². The number of nitrogens with zero attached hydrogens (tertiary/aromatic N) is 5. The van der Waals surface area contributed by atoms with Crippen LogP contribution in [-0.4, -0.2) is 40.0 Å². The predicted molar refractivity (Wildman–Crippen MR) is 118 cm³/mol. The average Bonchev–Trinajstić information content (AvgIpc) is 3.48. The number of benzene rings is 2. The number of tetrazole rings is 1. The predicted octanol–water partition coefficient (Wildman–Crippen LogP) is 3.78. The summed E-state index contributed by atoms with van der Waals surface area (Å²) in [5, 5.41) is 13.6. The van der Waals surface area contributed by atoms with Gasteiger partial charge in [0.25, 0.3) is 0 Å². The molecule has 31 heavy (non-hydrogen) atoms. The smallest absolute Gasteiger partial charge is 0.243 e. The van der Waals surface area contributed by atoms with E-state index in [1.54, 1.807) is 18.2 Å². The quantitative estimate of drug-likeness (QED) is 0.385. The SMILES string of the molecule is COc1cc(S(=O)(=O)N(Cc2ccc(Cl)cc2)Cc2cccs2)ccc1-n1cnnn1. The number of ether oxygens (including phenoxy) is 1. The molecule has 0 unspecified atom stereocenters. The van der Waals surface area contributed by atoms with Crippen molar-refractivity contribution < 1.29 is 13.2 Å². The molecule has 0 N–H and O–H groups in total. The van der Waals surface area contributed by atoms with E-state index < -0.39 is 10.0 Å². The lowest BCUT2D eigenvalue weighted by molar-refractivity contribution is 0.399. The lowest BCUT2D eigenvalue weighted by Crippen LogP contribution is -2.30. The lowest BCUT2D eigenvalue weighted by Gasteiger charge is -2.22. The van der Waals surface area contributed by atoms with Crippen LogP contribution < -0.4 is 4.74 Å². The number of sulfonamides is 1. The Kier molecular flexibility index (Phi) is 6.33. The van der Waals surface area contributed by atoms with Gasteiger partial charge in [0.05, 0.1) is 12.0 Å². The van der Waals surface area contributed by atoms with Crippen molar-refractivity contribution in [3.63, 3.8) is 0 Å². The molecule has 0 amide bonds. The average molecular weight is 476 g/mol. The van der Waals surface area contributed by atoms with Gasteiger partial charge in [-0.1, -0.05) is 29.8 Å². The molecule has 0 spiro atoms.